The second-order valence-corrected chi connectivity index (χ2v) is 8.90. The fraction of sp³-hybridized carbons (Fsp3) is 0.182. The van der Waals surface area contributed by atoms with Gasteiger partial charge in [-0.15, -0.1) is 15.3 Å². The molecule has 0 unspecified atom stereocenters. The van der Waals surface area contributed by atoms with Crippen LogP contribution in [0.2, 0.25) is 0 Å². The summed E-state index contributed by atoms with van der Waals surface area (Å²) in [6.07, 6.45) is 1.15. The quantitative estimate of drug-likeness (QED) is 0.339. The third kappa shape index (κ3) is 5.70. The van der Waals surface area contributed by atoms with E-state index >= 15 is 0 Å². The molecule has 0 saturated heterocycles. The first kappa shape index (κ1) is 22.4. The fourth-order valence-corrected chi connectivity index (χ4v) is 3.76. The van der Waals surface area contributed by atoms with E-state index in [1.165, 1.54) is 12.1 Å². The molecule has 11 heteroatoms. The maximum Gasteiger partial charge on any atom is 0.251 e. The minimum atomic E-state index is -3.69. The second kappa shape index (κ2) is 9.76. The number of anilines is 1. The molecule has 170 valence electrons. The fourth-order valence-electron chi connectivity index (χ4n) is 3.24. The second-order valence-electron chi connectivity index (χ2n) is 7.34. The standard InChI is InChI=1S/C22H23N7O3S/c23-33(31,32)18-8-6-16(7-9-18)12-14-24-19-10-11-20-26-27-21(29(20)28-19)13-15-25-22(30)17-4-2-1-3-5-17/h1-11H,12-15H2,(H,24,28)(H,25,30)(H2,23,31,32). The zero-order valence-electron chi connectivity index (χ0n) is 17.7. The Morgan fingerprint density at radius 1 is 0.909 bits per heavy atom. The monoisotopic (exact) mass is 465 g/mol. The molecule has 0 aliphatic heterocycles. The van der Waals surface area contributed by atoms with Gasteiger partial charge >= 0.3 is 0 Å². The Labute approximate surface area is 190 Å². The van der Waals surface area contributed by atoms with Gasteiger partial charge in [0.2, 0.25) is 10.0 Å². The number of nitrogens with one attached hydrogen (secondary N) is 2. The van der Waals surface area contributed by atoms with Gasteiger partial charge in [-0.1, -0.05) is 30.3 Å². The Morgan fingerprint density at radius 3 is 2.39 bits per heavy atom. The molecule has 0 atom stereocenters. The van der Waals surface area contributed by atoms with Crippen LogP contribution < -0.4 is 15.8 Å². The maximum atomic E-state index is 12.2. The molecule has 2 aromatic carbocycles. The van der Waals surface area contributed by atoms with Gasteiger partial charge in [0.05, 0.1) is 4.90 Å². The Kier molecular flexibility index (Phi) is 6.61. The lowest BCUT2D eigenvalue weighted by molar-refractivity contribution is 0.0954. The number of hydrogen-bond acceptors (Lipinski definition) is 7. The number of sulfonamides is 1. The van der Waals surface area contributed by atoms with E-state index in [4.69, 9.17) is 5.14 Å². The molecular weight excluding hydrogens is 442 g/mol. The van der Waals surface area contributed by atoms with Crippen molar-refractivity contribution in [2.45, 2.75) is 17.7 Å². The largest absolute Gasteiger partial charge is 0.368 e. The molecule has 4 rings (SSSR count). The van der Waals surface area contributed by atoms with Gasteiger partial charge in [0.15, 0.2) is 11.5 Å². The number of fused-ring (bicyclic) bond motifs is 1. The first-order valence-corrected chi connectivity index (χ1v) is 11.8. The van der Waals surface area contributed by atoms with Gasteiger partial charge in [0.25, 0.3) is 5.91 Å². The SMILES string of the molecule is NS(=O)(=O)c1ccc(CCNc2ccc3nnc(CCNC(=O)c4ccccc4)n3n2)cc1. The zero-order valence-corrected chi connectivity index (χ0v) is 18.5. The predicted molar refractivity (Wildman–Crippen MR) is 123 cm³/mol. The van der Waals surface area contributed by atoms with Crippen LogP contribution in [0.25, 0.3) is 5.65 Å². The van der Waals surface area contributed by atoms with E-state index in [1.54, 1.807) is 28.8 Å². The van der Waals surface area contributed by atoms with Crippen molar-refractivity contribution in [2.75, 3.05) is 18.4 Å². The number of amides is 1. The van der Waals surface area contributed by atoms with Crippen LogP contribution in [-0.4, -0.2) is 47.2 Å². The van der Waals surface area contributed by atoms with Crippen LogP contribution in [0.3, 0.4) is 0 Å². The summed E-state index contributed by atoms with van der Waals surface area (Å²) < 4.78 is 24.3. The summed E-state index contributed by atoms with van der Waals surface area (Å²) in [5, 5.41) is 24.1. The van der Waals surface area contributed by atoms with Crippen LogP contribution in [-0.2, 0) is 22.9 Å². The molecular formula is C22H23N7O3S. The predicted octanol–water partition coefficient (Wildman–Crippen LogP) is 1.40. The average Bonchev–Trinajstić information content (AvgIpc) is 3.21. The Morgan fingerprint density at radius 2 is 1.67 bits per heavy atom. The Hall–Kier alpha value is -3.83. The van der Waals surface area contributed by atoms with Gasteiger partial charge in [-0.2, -0.15) is 4.52 Å². The number of hydrogen-bond donors (Lipinski definition) is 3. The van der Waals surface area contributed by atoms with E-state index in [1.807, 2.05) is 30.3 Å². The number of primary sulfonamides is 1. The molecule has 4 aromatic rings. The number of carbonyl (C=O) groups excluding carboxylic acids is 1. The van der Waals surface area contributed by atoms with Crippen LogP contribution in [0, 0.1) is 0 Å². The van der Waals surface area contributed by atoms with Gasteiger partial charge in [-0.3, -0.25) is 4.79 Å². The minimum absolute atomic E-state index is 0.0893. The molecule has 2 aromatic heterocycles. The molecule has 0 saturated carbocycles. The van der Waals surface area contributed by atoms with Crippen molar-refractivity contribution < 1.29 is 13.2 Å². The van der Waals surface area contributed by atoms with Gasteiger partial charge in [-0.05, 0) is 48.4 Å². The molecule has 0 aliphatic carbocycles. The first-order chi connectivity index (χ1) is 15.9. The van der Waals surface area contributed by atoms with Crippen molar-refractivity contribution >= 4 is 27.4 Å². The zero-order chi connectivity index (χ0) is 23.3. The normalized spacial score (nSPS) is 11.4. The van der Waals surface area contributed by atoms with E-state index in [2.05, 4.69) is 25.9 Å². The highest BCUT2D eigenvalue weighted by Gasteiger charge is 2.10. The molecule has 33 heavy (non-hydrogen) atoms. The van der Waals surface area contributed by atoms with Crippen LogP contribution >= 0.6 is 0 Å². The lowest BCUT2D eigenvalue weighted by Gasteiger charge is -2.07. The van der Waals surface area contributed by atoms with Crippen molar-refractivity contribution in [1.29, 1.82) is 0 Å². The summed E-state index contributed by atoms with van der Waals surface area (Å²) in [6, 6.07) is 19.1. The summed E-state index contributed by atoms with van der Waals surface area (Å²) in [6.45, 7) is 1.00. The van der Waals surface area contributed by atoms with Crippen molar-refractivity contribution in [3.63, 3.8) is 0 Å². The van der Waals surface area contributed by atoms with Crippen LogP contribution in [0.4, 0.5) is 5.82 Å². The van der Waals surface area contributed by atoms with Gasteiger partial charge in [-0.25, -0.2) is 13.6 Å². The maximum absolute atomic E-state index is 12.2. The Bertz CT molecular complexity index is 1350. The molecule has 0 aliphatic rings. The third-order valence-corrected chi connectivity index (χ3v) is 5.90. The molecule has 1 amide bonds. The minimum Gasteiger partial charge on any atom is -0.368 e. The van der Waals surface area contributed by atoms with Gasteiger partial charge < -0.3 is 10.6 Å². The number of rotatable bonds is 9. The summed E-state index contributed by atoms with van der Waals surface area (Å²) >= 11 is 0. The smallest absolute Gasteiger partial charge is 0.251 e. The molecule has 0 bridgehead atoms. The van der Waals surface area contributed by atoms with Crippen molar-refractivity contribution in [2.24, 2.45) is 5.14 Å². The first-order valence-electron chi connectivity index (χ1n) is 10.3. The van der Waals surface area contributed by atoms with Gasteiger partial charge in [0.1, 0.15) is 5.82 Å². The molecule has 0 spiro atoms. The molecule has 0 fully saturated rings. The number of carbonyl (C=O) groups is 1. The van der Waals surface area contributed by atoms with E-state index in [-0.39, 0.29) is 10.8 Å². The van der Waals surface area contributed by atoms with E-state index in [0.717, 1.165) is 5.56 Å². The summed E-state index contributed by atoms with van der Waals surface area (Å²) in [5.74, 6) is 1.15. The number of benzene rings is 2. The van der Waals surface area contributed by atoms with Gasteiger partial charge in [0, 0.05) is 25.1 Å². The van der Waals surface area contributed by atoms with Crippen LogP contribution in [0.5, 0.6) is 0 Å². The highest BCUT2D eigenvalue weighted by atomic mass is 32.2. The number of aromatic nitrogens is 4. The lowest BCUT2D eigenvalue weighted by Crippen LogP contribution is -2.26. The highest BCUT2D eigenvalue weighted by Crippen LogP contribution is 2.11. The Balaban J connectivity index is 1.33. The van der Waals surface area contributed by atoms with Crippen molar-refractivity contribution in [1.82, 2.24) is 25.1 Å². The van der Waals surface area contributed by atoms with Crippen LogP contribution in [0.1, 0.15) is 21.7 Å². The summed E-state index contributed by atoms with van der Waals surface area (Å²) in [7, 11) is -3.69. The third-order valence-electron chi connectivity index (χ3n) is 4.97. The molecule has 2 heterocycles. The highest BCUT2D eigenvalue weighted by molar-refractivity contribution is 7.89. The summed E-state index contributed by atoms with van der Waals surface area (Å²) in [5.41, 5.74) is 2.19. The van der Waals surface area contributed by atoms with Crippen LogP contribution in [0.15, 0.2) is 71.6 Å². The van der Waals surface area contributed by atoms with E-state index < -0.39 is 10.0 Å². The molecule has 10 nitrogen and oxygen atoms in total. The van der Waals surface area contributed by atoms with E-state index in [9.17, 15) is 13.2 Å². The number of nitrogens with zero attached hydrogens (tertiary/aromatic N) is 4. The lowest BCUT2D eigenvalue weighted by atomic mass is 10.1. The average molecular weight is 466 g/mol. The summed E-state index contributed by atoms with van der Waals surface area (Å²) in [4.78, 5) is 12.3. The van der Waals surface area contributed by atoms with E-state index in [0.29, 0.717) is 48.8 Å². The molecule has 0 radical (unpaired) electrons. The van der Waals surface area contributed by atoms with Crippen molar-refractivity contribution in [3.05, 3.63) is 83.7 Å². The molecule has 4 N–H and O–H groups in total. The number of nitrogens with two attached hydrogens (primary N) is 1. The topological polar surface area (TPSA) is 144 Å². The van der Waals surface area contributed by atoms with Crippen molar-refractivity contribution in [3.8, 4) is 0 Å².